The average Bonchev–Trinajstić information content (AvgIpc) is 2.20. The van der Waals surface area contributed by atoms with Crippen LogP contribution >= 0.6 is 0 Å². The fourth-order valence-corrected chi connectivity index (χ4v) is 1.70. The van der Waals surface area contributed by atoms with Crippen LogP contribution in [0.1, 0.15) is 12.8 Å². The van der Waals surface area contributed by atoms with Crippen LogP contribution in [0, 0.1) is 0 Å². The minimum absolute atomic E-state index is 0.116. The molecule has 6 nitrogen and oxygen atoms in total. The van der Waals surface area contributed by atoms with Crippen molar-refractivity contribution in [3.05, 3.63) is 0 Å². The summed E-state index contributed by atoms with van der Waals surface area (Å²) in [6.45, 7) is 2.56. The number of carboxylic acid groups (broad SMARTS) is 1. The minimum atomic E-state index is -0.779. The van der Waals surface area contributed by atoms with Gasteiger partial charge in [0.2, 0.25) is 0 Å². The van der Waals surface area contributed by atoms with Crippen LogP contribution in [-0.4, -0.2) is 60.1 Å². The van der Waals surface area contributed by atoms with E-state index in [2.05, 4.69) is 0 Å². The second-order valence-corrected chi connectivity index (χ2v) is 3.65. The molecular weight excluding hydrogens is 200 g/mol. The predicted molar refractivity (Wildman–Crippen MR) is 52.8 cm³/mol. The van der Waals surface area contributed by atoms with Gasteiger partial charge in [-0.05, 0) is 12.8 Å². The molecule has 6 heteroatoms. The Labute approximate surface area is 88.8 Å². The molecule has 0 aromatic rings. The number of rotatable bonds is 6. The zero-order valence-corrected chi connectivity index (χ0v) is 8.69. The monoisotopic (exact) mass is 218 g/mol. The van der Waals surface area contributed by atoms with Crippen molar-refractivity contribution in [3.63, 3.8) is 0 Å². The highest BCUT2D eigenvalue weighted by molar-refractivity contribution is 5.69. The highest BCUT2D eigenvalue weighted by Gasteiger charge is 2.20. The molecule has 0 bridgehead atoms. The summed E-state index contributed by atoms with van der Waals surface area (Å²) >= 11 is 0. The number of hydrogen-bond donors (Lipinski definition) is 3. The van der Waals surface area contributed by atoms with E-state index < -0.39 is 5.97 Å². The molecule has 0 spiro atoms. The van der Waals surface area contributed by atoms with E-state index in [-0.39, 0.29) is 12.6 Å². The van der Waals surface area contributed by atoms with Gasteiger partial charge in [0.1, 0.15) is 0 Å². The maximum atomic E-state index is 10.5. The van der Waals surface area contributed by atoms with Gasteiger partial charge in [0.25, 0.3) is 0 Å². The van der Waals surface area contributed by atoms with Gasteiger partial charge in [-0.2, -0.15) is 0 Å². The van der Waals surface area contributed by atoms with Crippen molar-refractivity contribution in [3.8, 4) is 0 Å². The zero-order valence-electron chi connectivity index (χ0n) is 8.69. The number of aliphatic carboxylic acids is 1. The molecule has 0 radical (unpaired) electrons. The van der Waals surface area contributed by atoms with E-state index in [9.17, 15) is 4.79 Å². The van der Waals surface area contributed by atoms with Gasteiger partial charge in [-0.3, -0.25) is 9.69 Å². The lowest BCUT2D eigenvalue weighted by Gasteiger charge is -2.30. The Morgan fingerprint density at radius 3 is 2.67 bits per heavy atom. The SMILES string of the molecule is O=C(O)CN1CCC(OCCNO)CC1. The lowest BCUT2D eigenvalue weighted by molar-refractivity contribution is -0.139. The standard InChI is InChI=1S/C9H18N2O4/c12-9(13)7-11-4-1-8(2-5-11)15-6-3-10-14/h8,10,14H,1-7H2,(H,12,13). The van der Waals surface area contributed by atoms with Gasteiger partial charge in [0.15, 0.2) is 0 Å². The van der Waals surface area contributed by atoms with Gasteiger partial charge in [-0.25, -0.2) is 5.48 Å². The second-order valence-electron chi connectivity index (χ2n) is 3.65. The quantitative estimate of drug-likeness (QED) is 0.413. The molecule has 15 heavy (non-hydrogen) atoms. The smallest absolute Gasteiger partial charge is 0.317 e. The molecule has 3 N–H and O–H groups in total. The van der Waals surface area contributed by atoms with Gasteiger partial charge >= 0.3 is 5.97 Å². The third-order valence-electron chi connectivity index (χ3n) is 2.46. The van der Waals surface area contributed by atoms with Crippen molar-refractivity contribution in [1.29, 1.82) is 0 Å². The Kier molecular flexibility index (Phi) is 5.56. The van der Waals surface area contributed by atoms with Gasteiger partial charge < -0.3 is 15.1 Å². The number of hydrogen-bond acceptors (Lipinski definition) is 5. The Balaban J connectivity index is 2.10. The molecule has 0 saturated carbocycles. The Morgan fingerprint density at radius 2 is 2.13 bits per heavy atom. The Bertz CT molecular complexity index is 193. The Morgan fingerprint density at radius 1 is 1.47 bits per heavy atom. The van der Waals surface area contributed by atoms with Crippen LogP contribution in [0.15, 0.2) is 0 Å². The van der Waals surface area contributed by atoms with Crippen LogP contribution in [0.5, 0.6) is 0 Å². The molecule has 0 aromatic carbocycles. The fraction of sp³-hybridized carbons (Fsp3) is 0.889. The predicted octanol–water partition coefficient (Wildman–Crippen LogP) is -0.469. The van der Waals surface area contributed by atoms with Crippen molar-refractivity contribution in [2.45, 2.75) is 18.9 Å². The highest BCUT2D eigenvalue weighted by atomic mass is 16.5. The molecule has 0 unspecified atom stereocenters. The van der Waals surface area contributed by atoms with Crippen LogP contribution in [0.2, 0.25) is 0 Å². The minimum Gasteiger partial charge on any atom is -0.480 e. The van der Waals surface area contributed by atoms with Gasteiger partial charge in [0, 0.05) is 19.6 Å². The number of carboxylic acids is 1. The number of ether oxygens (including phenoxy) is 1. The molecule has 1 rings (SSSR count). The molecule has 88 valence electrons. The maximum absolute atomic E-state index is 10.5. The molecule has 0 amide bonds. The Hall–Kier alpha value is -0.690. The summed E-state index contributed by atoms with van der Waals surface area (Å²) in [5.74, 6) is -0.779. The number of likely N-dealkylation sites (tertiary alicyclic amines) is 1. The van der Waals surface area contributed by atoms with Crippen LogP contribution in [-0.2, 0) is 9.53 Å². The summed E-state index contributed by atoms with van der Waals surface area (Å²) in [5.41, 5.74) is 2.03. The number of nitrogens with one attached hydrogen (secondary N) is 1. The summed E-state index contributed by atoms with van der Waals surface area (Å²) in [6.07, 6.45) is 1.92. The molecule has 1 aliphatic rings. The van der Waals surface area contributed by atoms with E-state index >= 15 is 0 Å². The van der Waals surface area contributed by atoms with Crippen LogP contribution in [0.4, 0.5) is 0 Å². The molecule has 0 aliphatic carbocycles. The number of piperidine rings is 1. The van der Waals surface area contributed by atoms with Crippen molar-refractivity contribution < 1.29 is 19.8 Å². The normalized spacial score (nSPS) is 19.3. The average molecular weight is 218 g/mol. The summed E-state index contributed by atoms with van der Waals surface area (Å²) < 4.78 is 5.48. The van der Waals surface area contributed by atoms with E-state index in [4.69, 9.17) is 15.1 Å². The van der Waals surface area contributed by atoms with Crippen molar-refractivity contribution in [2.24, 2.45) is 0 Å². The summed E-state index contributed by atoms with van der Waals surface area (Å²) in [6, 6.07) is 0. The van der Waals surface area contributed by atoms with E-state index in [1.54, 1.807) is 0 Å². The molecule has 1 saturated heterocycles. The summed E-state index contributed by atoms with van der Waals surface area (Å²) in [4.78, 5) is 12.4. The number of nitrogens with zero attached hydrogens (tertiary/aromatic N) is 1. The van der Waals surface area contributed by atoms with Crippen LogP contribution in [0.3, 0.4) is 0 Å². The van der Waals surface area contributed by atoms with Crippen molar-refractivity contribution in [2.75, 3.05) is 32.8 Å². The first-order chi connectivity index (χ1) is 7.22. The van der Waals surface area contributed by atoms with Gasteiger partial charge in [-0.15, -0.1) is 0 Å². The van der Waals surface area contributed by atoms with E-state index in [0.717, 1.165) is 25.9 Å². The molecule has 1 heterocycles. The lowest BCUT2D eigenvalue weighted by atomic mass is 10.1. The van der Waals surface area contributed by atoms with Crippen LogP contribution < -0.4 is 5.48 Å². The molecule has 0 atom stereocenters. The largest absolute Gasteiger partial charge is 0.480 e. The van der Waals surface area contributed by atoms with E-state index in [1.165, 1.54) is 0 Å². The first-order valence-electron chi connectivity index (χ1n) is 5.15. The van der Waals surface area contributed by atoms with Crippen LogP contribution in [0.25, 0.3) is 0 Å². The first kappa shape index (κ1) is 12.4. The third-order valence-corrected chi connectivity index (χ3v) is 2.46. The fourth-order valence-electron chi connectivity index (χ4n) is 1.70. The van der Waals surface area contributed by atoms with Gasteiger partial charge in [0.05, 0.1) is 19.3 Å². The van der Waals surface area contributed by atoms with E-state index in [0.29, 0.717) is 13.2 Å². The zero-order chi connectivity index (χ0) is 11.1. The molecule has 1 fully saturated rings. The third kappa shape index (κ3) is 5.08. The van der Waals surface area contributed by atoms with E-state index in [1.807, 2.05) is 10.4 Å². The van der Waals surface area contributed by atoms with Crippen molar-refractivity contribution in [1.82, 2.24) is 10.4 Å². The number of carbonyl (C=O) groups is 1. The molecule has 1 aliphatic heterocycles. The van der Waals surface area contributed by atoms with Crippen molar-refractivity contribution >= 4 is 5.97 Å². The van der Waals surface area contributed by atoms with Gasteiger partial charge in [-0.1, -0.05) is 0 Å². The summed E-state index contributed by atoms with van der Waals surface area (Å²) in [7, 11) is 0. The summed E-state index contributed by atoms with van der Waals surface area (Å²) in [5, 5.41) is 16.9. The lowest BCUT2D eigenvalue weighted by Crippen LogP contribution is -2.40. The molecular formula is C9H18N2O4. The molecule has 0 aromatic heterocycles. The maximum Gasteiger partial charge on any atom is 0.317 e. The first-order valence-corrected chi connectivity index (χ1v) is 5.15. The topological polar surface area (TPSA) is 82.0 Å². The highest BCUT2D eigenvalue weighted by Crippen LogP contribution is 2.12. The number of hydroxylamine groups is 1. The second kappa shape index (κ2) is 6.73.